The monoisotopic (exact) mass is 279 g/mol. The Morgan fingerprint density at radius 3 is 2.70 bits per heavy atom. The molecule has 0 unspecified atom stereocenters. The molecule has 102 valence electrons. The highest BCUT2D eigenvalue weighted by atomic mass is 19.4. The Kier molecular flexibility index (Phi) is 3.84. The van der Waals surface area contributed by atoms with Crippen LogP contribution in [0.1, 0.15) is 16.8 Å². The van der Waals surface area contributed by atoms with Crippen LogP contribution in [0.4, 0.5) is 13.2 Å². The number of ether oxygens (including phenoxy) is 1. The van der Waals surface area contributed by atoms with Crippen LogP contribution in [-0.2, 0) is 12.8 Å². The summed E-state index contributed by atoms with van der Waals surface area (Å²) in [6.07, 6.45) is -0.841. The van der Waals surface area contributed by atoms with Gasteiger partial charge >= 0.3 is 6.18 Å². The predicted molar refractivity (Wildman–Crippen MR) is 62.5 cm³/mol. The number of rotatable bonds is 3. The molecule has 7 heteroatoms. The molecule has 2 aromatic heterocycles. The van der Waals surface area contributed by atoms with Gasteiger partial charge in [0.15, 0.2) is 11.4 Å². The Bertz CT molecular complexity index is 636. The Labute approximate surface area is 112 Å². The van der Waals surface area contributed by atoms with Crippen LogP contribution in [-0.4, -0.2) is 9.97 Å². The fourth-order valence-corrected chi connectivity index (χ4v) is 1.44. The minimum absolute atomic E-state index is 0.00547. The molecular weight excluding hydrogens is 271 g/mol. The lowest BCUT2D eigenvalue weighted by molar-refractivity contribution is -0.138. The van der Waals surface area contributed by atoms with Gasteiger partial charge in [0.1, 0.15) is 12.7 Å². The smallest absolute Gasteiger partial charge is 0.418 e. The zero-order valence-corrected chi connectivity index (χ0v) is 10.1. The summed E-state index contributed by atoms with van der Waals surface area (Å²) >= 11 is 0. The molecule has 0 aliphatic carbocycles. The Morgan fingerprint density at radius 1 is 1.30 bits per heavy atom. The quantitative estimate of drug-likeness (QED) is 0.866. The van der Waals surface area contributed by atoms with E-state index < -0.39 is 11.7 Å². The van der Waals surface area contributed by atoms with Crippen LogP contribution in [0.3, 0.4) is 0 Å². The van der Waals surface area contributed by atoms with E-state index >= 15 is 0 Å². The second-order valence-electron chi connectivity index (χ2n) is 3.83. The van der Waals surface area contributed by atoms with Gasteiger partial charge in [-0.25, -0.2) is 4.98 Å². The molecule has 0 aromatic carbocycles. The summed E-state index contributed by atoms with van der Waals surface area (Å²) in [5, 5.41) is 8.82. The molecule has 0 aliphatic rings. The molecule has 0 radical (unpaired) electrons. The van der Waals surface area contributed by atoms with Crippen molar-refractivity contribution in [2.45, 2.75) is 12.8 Å². The van der Waals surface area contributed by atoms with Gasteiger partial charge in [0.25, 0.3) is 0 Å². The van der Waals surface area contributed by atoms with Crippen LogP contribution in [0.25, 0.3) is 0 Å². The highest BCUT2D eigenvalue weighted by Gasteiger charge is 2.32. The molecule has 2 heterocycles. The molecule has 0 saturated carbocycles. The highest BCUT2D eigenvalue weighted by molar-refractivity contribution is 5.40. The van der Waals surface area contributed by atoms with Gasteiger partial charge in [-0.05, 0) is 12.1 Å². The maximum atomic E-state index is 12.6. The van der Waals surface area contributed by atoms with Gasteiger partial charge in [0.2, 0.25) is 0 Å². The first kappa shape index (κ1) is 13.8. The van der Waals surface area contributed by atoms with Crippen molar-refractivity contribution in [2.24, 2.45) is 0 Å². The van der Waals surface area contributed by atoms with Crippen molar-refractivity contribution in [1.29, 1.82) is 5.26 Å². The van der Waals surface area contributed by atoms with Gasteiger partial charge < -0.3 is 4.74 Å². The number of nitriles is 1. The van der Waals surface area contributed by atoms with Gasteiger partial charge in [-0.1, -0.05) is 6.07 Å². The molecule has 0 bridgehead atoms. The van der Waals surface area contributed by atoms with Crippen LogP contribution in [0, 0.1) is 11.3 Å². The summed E-state index contributed by atoms with van der Waals surface area (Å²) in [6.45, 7) is 0.00547. The number of pyridine rings is 2. The molecule has 4 nitrogen and oxygen atoms in total. The number of hydrogen-bond donors (Lipinski definition) is 0. The van der Waals surface area contributed by atoms with Gasteiger partial charge in [0.05, 0.1) is 5.56 Å². The maximum absolute atomic E-state index is 12.6. The molecule has 20 heavy (non-hydrogen) atoms. The summed E-state index contributed by atoms with van der Waals surface area (Å²) in [7, 11) is 0. The molecule has 0 amide bonds. The van der Waals surface area contributed by atoms with Crippen molar-refractivity contribution >= 4 is 0 Å². The van der Waals surface area contributed by atoms with Crippen LogP contribution in [0.5, 0.6) is 5.75 Å². The number of halogens is 3. The van der Waals surface area contributed by atoms with E-state index in [1.54, 1.807) is 24.4 Å². The summed E-state index contributed by atoms with van der Waals surface area (Å²) in [5.41, 5.74) is -0.478. The molecular formula is C13H8F3N3O. The third-order valence-corrected chi connectivity index (χ3v) is 2.40. The molecule has 0 aliphatic heterocycles. The number of aromatic nitrogens is 2. The summed E-state index contributed by atoms with van der Waals surface area (Å²) < 4.78 is 43.0. The van der Waals surface area contributed by atoms with Crippen molar-refractivity contribution in [3.05, 3.63) is 53.6 Å². The van der Waals surface area contributed by atoms with Gasteiger partial charge in [-0.3, -0.25) is 4.98 Å². The number of alkyl halides is 3. The lowest BCUT2D eigenvalue weighted by Crippen LogP contribution is -2.08. The van der Waals surface area contributed by atoms with E-state index in [2.05, 4.69) is 9.97 Å². The summed E-state index contributed by atoms with van der Waals surface area (Å²) in [5.74, 6) is -0.203. The van der Waals surface area contributed by atoms with Crippen molar-refractivity contribution in [1.82, 2.24) is 9.97 Å². The van der Waals surface area contributed by atoms with Crippen LogP contribution >= 0.6 is 0 Å². The first-order valence-electron chi connectivity index (χ1n) is 5.50. The van der Waals surface area contributed by atoms with Crippen molar-refractivity contribution in [3.8, 4) is 11.8 Å². The fraction of sp³-hybridized carbons (Fsp3) is 0.154. The fourth-order valence-electron chi connectivity index (χ4n) is 1.44. The number of nitrogens with zero attached hydrogens (tertiary/aromatic N) is 3. The minimum atomic E-state index is -4.53. The zero-order chi connectivity index (χ0) is 14.6. The molecule has 0 spiro atoms. The molecule has 0 N–H and O–H groups in total. The second-order valence-corrected chi connectivity index (χ2v) is 3.83. The van der Waals surface area contributed by atoms with Crippen molar-refractivity contribution < 1.29 is 17.9 Å². The maximum Gasteiger partial charge on any atom is 0.418 e. The third-order valence-electron chi connectivity index (χ3n) is 2.40. The standard InChI is InChI=1S/C13H8F3N3O/c14-13(15,16)10-4-12(11(5-17)19-7-10)20-8-9-2-1-3-18-6-9/h1-4,6-7H,8H2. The van der Waals surface area contributed by atoms with Crippen LogP contribution < -0.4 is 4.74 Å². The molecule has 0 saturated heterocycles. The molecule has 0 atom stereocenters. The largest absolute Gasteiger partial charge is 0.486 e. The zero-order valence-electron chi connectivity index (χ0n) is 10.1. The van der Waals surface area contributed by atoms with E-state index in [0.717, 1.165) is 6.07 Å². The second kappa shape index (κ2) is 5.57. The van der Waals surface area contributed by atoms with E-state index in [4.69, 9.17) is 10.00 Å². The topological polar surface area (TPSA) is 58.8 Å². The molecule has 2 rings (SSSR count). The average Bonchev–Trinajstić information content (AvgIpc) is 2.45. The van der Waals surface area contributed by atoms with Crippen molar-refractivity contribution in [2.75, 3.05) is 0 Å². The van der Waals surface area contributed by atoms with Gasteiger partial charge in [-0.2, -0.15) is 18.4 Å². The van der Waals surface area contributed by atoms with Crippen LogP contribution in [0.2, 0.25) is 0 Å². The van der Waals surface area contributed by atoms with E-state index in [1.807, 2.05) is 0 Å². The Balaban J connectivity index is 2.24. The Morgan fingerprint density at radius 2 is 2.10 bits per heavy atom. The minimum Gasteiger partial charge on any atom is -0.486 e. The lowest BCUT2D eigenvalue weighted by Gasteiger charge is -2.10. The first-order valence-corrected chi connectivity index (χ1v) is 5.50. The van der Waals surface area contributed by atoms with Crippen molar-refractivity contribution in [3.63, 3.8) is 0 Å². The van der Waals surface area contributed by atoms with Gasteiger partial charge in [-0.15, -0.1) is 0 Å². The van der Waals surface area contributed by atoms with E-state index in [-0.39, 0.29) is 18.1 Å². The third kappa shape index (κ3) is 3.23. The summed E-state index contributed by atoms with van der Waals surface area (Å²) in [4.78, 5) is 7.31. The predicted octanol–water partition coefficient (Wildman–Crippen LogP) is 2.95. The van der Waals surface area contributed by atoms with E-state index in [1.165, 1.54) is 6.20 Å². The summed E-state index contributed by atoms with van der Waals surface area (Å²) in [6, 6.07) is 5.84. The highest BCUT2D eigenvalue weighted by Crippen LogP contribution is 2.32. The SMILES string of the molecule is N#Cc1ncc(C(F)(F)F)cc1OCc1cccnc1. The number of hydrogen-bond acceptors (Lipinski definition) is 4. The Hall–Kier alpha value is -2.62. The molecule has 2 aromatic rings. The van der Waals surface area contributed by atoms with E-state index in [0.29, 0.717) is 11.8 Å². The average molecular weight is 279 g/mol. The van der Waals surface area contributed by atoms with Crippen LogP contribution in [0.15, 0.2) is 36.8 Å². The normalized spacial score (nSPS) is 10.9. The van der Waals surface area contributed by atoms with E-state index in [9.17, 15) is 13.2 Å². The first-order chi connectivity index (χ1) is 9.50. The molecule has 0 fully saturated rings. The van der Waals surface area contributed by atoms with Gasteiger partial charge in [0, 0.05) is 24.2 Å². The lowest BCUT2D eigenvalue weighted by atomic mass is 10.2.